The highest BCUT2D eigenvalue weighted by molar-refractivity contribution is 7.80. The molecule has 20 heavy (non-hydrogen) atoms. The molecule has 0 amide bonds. The molecule has 0 aliphatic heterocycles. The molecule has 0 aliphatic carbocycles. The summed E-state index contributed by atoms with van der Waals surface area (Å²) in [5.74, 6) is 0.619. The fourth-order valence-corrected chi connectivity index (χ4v) is 2.75. The number of rotatable bonds is 1. The average molecular weight is 277 g/mol. The molecular formula is C17H11NOS. The minimum Gasteiger partial charge on any atom is -0.436 e. The molecule has 96 valence electrons. The van der Waals surface area contributed by atoms with E-state index in [1.54, 1.807) is 0 Å². The molecule has 0 aliphatic rings. The van der Waals surface area contributed by atoms with Gasteiger partial charge in [0.2, 0.25) is 5.89 Å². The van der Waals surface area contributed by atoms with E-state index < -0.39 is 0 Å². The maximum Gasteiger partial charge on any atom is 0.229 e. The van der Waals surface area contributed by atoms with E-state index >= 15 is 0 Å². The molecule has 3 aromatic carbocycles. The first-order valence-corrected chi connectivity index (χ1v) is 6.84. The summed E-state index contributed by atoms with van der Waals surface area (Å²) < 4.78 is 5.88. The molecule has 0 atom stereocenters. The van der Waals surface area contributed by atoms with Crippen molar-refractivity contribution in [2.45, 2.75) is 4.90 Å². The van der Waals surface area contributed by atoms with Crippen LogP contribution >= 0.6 is 12.6 Å². The monoisotopic (exact) mass is 277 g/mol. The fourth-order valence-electron chi connectivity index (χ4n) is 2.46. The number of fused-ring (bicyclic) bond motifs is 2. The Balaban J connectivity index is 2.08. The van der Waals surface area contributed by atoms with E-state index in [0.717, 1.165) is 32.3 Å². The second-order valence-corrected chi connectivity index (χ2v) is 5.15. The Morgan fingerprint density at radius 1 is 0.850 bits per heavy atom. The van der Waals surface area contributed by atoms with Crippen molar-refractivity contribution in [3.8, 4) is 11.5 Å². The van der Waals surface area contributed by atoms with Crippen molar-refractivity contribution >= 4 is 34.5 Å². The lowest BCUT2D eigenvalue weighted by molar-refractivity contribution is 0.619. The minimum atomic E-state index is 0.619. The Labute approximate surface area is 121 Å². The Morgan fingerprint density at radius 3 is 2.55 bits per heavy atom. The summed E-state index contributed by atoms with van der Waals surface area (Å²) in [7, 11) is 0. The van der Waals surface area contributed by atoms with Crippen molar-refractivity contribution in [1.29, 1.82) is 0 Å². The molecule has 0 saturated heterocycles. The quantitative estimate of drug-likeness (QED) is 0.499. The first-order valence-electron chi connectivity index (χ1n) is 6.39. The van der Waals surface area contributed by atoms with Crippen molar-refractivity contribution < 1.29 is 4.42 Å². The minimum absolute atomic E-state index is 0.619. The molecule has 0 unspecified atom stereocenters. The lowest BCUT2D eigenvalue weighted by atomic mass is 10.0. The lowest BCUT2D eigenvalue weighted by Gasteiger charge is -2.05. The van der Waals surface area contributed by atoms with Crippen LogP contribution in [0.5, 0.6) is 0 Å². The van der Waals surface area contributed by atoms with Crippen molar-refractivity contribution in [1.82, 2.24) is 4.98 Å². The van der Waals surface area contributed by atoms with Crippen molar-refractivity contribution in [3.05, 3.63) is 60.7 Å². The molecule has 4 aromatic rings. The topological polar surface area (TPSA) is 26.0 Å². The van der Waals surface area contributed by atoms with Crippen LogP contribution in [0.2, 0.25) is 0 Å². The van der Waals surface area contributed by atoms with E-state index in [-0.39, 0.29) is 0 Å². The van der Waals surface area contributed by atoms with Gasteiger partial charge in [-0.05, 0) is 29.0 Å². The van der Waals surface area contributed by atoms with Gasteiger partial charge in [-0.3, -0.25) is 0 Å². The lowest BCUT2D eigenvalue weighted by Crippen LogP contribution is -1.83. The van der Waals surface area contributed by atoms with Gasteiger partial charge >= 0.3 is 0 Å². The Hall–Kier alpha value is -2.26. The predicted octanol–water partition coefficient (Wildman–Crippen LogP) is 4.94. The molecule has 0 bridgehead atoms. The van der Waals surface area contributed by atoms with Gasteiger partial charge in [0.25, 0.3) is 0 Å². The van der Waals surface area contributed by atoms with Gasteiger partial charge in [0, 0.05) is 4.90 Å². The third-order valence-corrected chi connectivity index (χ3v) is 3.79. The number of hydrogen-bond acceptors (Lipinski definition) is 3. The number of nitrogens with zero attached hydrogens (tertiary/aromatic N) is 1. The van der Waals surface area contributed by atoms with E-state index in [2.05, 4.69) is 35.8 Å². The molecule has 0 N–H and O–H groups in total. The summed E-state index contributed by atoms with van der Waals surface area (Å²) in [6.45, 7) is 0. The average Bonchev–Trinajstić information content (AvgIpc) is 2.90. The molecule has 0 spiro atoms. The van der Waals surface area contributed by atoms with Crippen LogP contribution in [0, 0.1) is 0 Å². The molecule has 3 heteroatoms. The number of para-hydroxylation sites is 2. The second kappa shape index (κ2) is 4.39. The highest BCUT2D eigenvalue weighted by Gasteiger charge is 2.14. The van der Waals surface area contributed by atoms with Crippen molar-refractivity contribution in [2.24, 2.45) is 0 Å². The van der Waals surface area contributed by atoms with Gasteiger partial charge in [-0.1, -0.05) is 42.5 Å². The number of aromatic nitrogens is 1. The molecular weight excluding hydrogens is 266 g/mol. The van der Waals surface area contributed by atoms with Crippen LogP contribution in [0.3, 0.4) is 0 Å². The van der Waals surface area contributed by atoms with E-state index in [4.69, 9.17) is 4.42 Å². The Bertz CT molecular complexity index is 893. The van der Waals surface area contributed by atoms with Crippen LogP contribution in [0.15, 0.2) is 70.0 Å². The third kappa shape index (κ3) is 1.71. The predicted molar refractivity (Wildman–Crippen MR) is 84.2 cm³/mol. The highest BCUT2D eigenvalue weighted by Crippen LogP contribution is 2.35. The Kier molecular flexibility index (Phi) is 2.54. The van der Waals surface area contributed by atoms with Gasteiger partial charge in [0.1, 0.15) is 5.52 Å². The summed E-state index contributed by atoms with van der Waals surface area (Å²) in [6.07, 6.45) is 0. The summed E-state index contributed by atoms with van der Waals surface area (Å²) in [6, 6.07) is 20.0. The first-order chi connectivity index (χ1) is 9.83. The molecule has 1 aromatic heterocycles. The molecule has 4 rings (SSSR count). The number of hydrogen-bond donors (Lipinski definition) is 1. The third-order valence-electron chi connectivity index (χ3n) is 3.41. The van der Waals surface area contributed by atoms with E-state index in [9.17, 15) is 0 Å². The van der Waals surface area contributed by atoms with Crippen LogP contribution < -0.4 is 0 Å². The van der Waals surface area contributed by atoms with Gasteiger partial charge in [-0.15, -0.1) is 12.6 Å². The van der Waals surface area contributed by atoms with Crippen LogP contribution in [0.4, 0.5) is 0 Å². The number of benzene rings is 3. The summed E-state index contributed by atoms with van der Waals surface area (Å²) >= 11 is 4.57. The SMILES string of the molecule is Sc1ccc2ccccc2c1-c1nc2ccccc2o1. The van der Waals surface area contributed by atoms with Gasteiger partial charge in [0.15, 0.2) is 5.58 Å². The fraction of sp³-hybridized carbons (Fsp3) is 0. The van der Waals surface area contributed by atoms with Gasteiger partial charge in [-0.2, -0.15) is 0 Å². The largest absolute Gasteiger partial charge is 0.436 e. The summed E-state index contributed by atoms with van der Waals surface area (Å²) in [4.78, 5) is 5.45. The van der Waals surface area contributed by atoms with Crippen molar-refractivity contribution in [2.75, 3.05) is 0 Å². The zero-order valence-corrected chi connectivity index (χ0v) is 11.5. The molecule has 0 saturated carbocycles. The van der Waals surface area contributed by atoms with Crippen LogP contribution in [-0.4, -0.2) is 4.98 Å². The maximum absolute atomic E-state index is 5.88. The van der Waals surface area contributed by atoms with E-state index in [1.807, 2.05) is 42.5 Å². The number of thiol groups is 1. The van der Waals surface area contributed by atoms with Crippen LogP contribution in [-0.2, 0) is 0 Å². The summed E-state index contributed by atoms with van der Waals surface area (Å²) in [5, 5.41) is 2.26. The van der Waals surface area contributed by atoms with Gasteiger partial charge in [0.05, 0.1) is 5.56 Å². The molecule has 2 nitrogen and oxygen atoms in total. The Morgan fingerprint density at radius 2 is 1.65 bits per heavy atom. The first kappa shape index (κ1) is 11.6. The second-order valence-electron chi connectivity index (χ2n) is 4.67. The van der Waals surface area contributed by atoms with Gasteiger partial charge in [-0.25, -0.2) is 4.98 Å². The van der Waals surface area contributed by atoms with Crippen LogP contribution in [0.25, 0.3) is 33.3 Å². The normalized spacial score (nSPS) is 11.2. The smallest absolute Gasteiger partial charge is 0.229 e. The number of oxazole rings is 1. The zero-order valence-electron chi connectivity index (χ0n) is 10.6. The maximum atomic E-state index is 5.88. The highest BCUT2D eigenvalue weighted by atomic mass is 32.1. The molecule has 1 heterocycles. The summed E-state index contributed by atoms with van der Waals surface area (Å²) in [5.41, 5.74) is 2.61. The molecule has 0 fully saturated rings. The standard InChI is InChI=1S/C17H11NOS/c20-15-10-9-11-5-1-2-6-12(11)16(15)17-18-13-7-3-4-8-14(13)19-17/h1-10,20H. The molecule has 0 radical (unpaired) electrons. The zero-order chi connectivity index (χ0) is 13.5. The van der Waals surface area contributed by atoms with Crippen molar-refractivity contribution in [3.63, 3.8) is 0 Å². The van der Waals surface area contributed by atoms with E-state index in [0.29, 0.717) is 5.89 Å². The van der Waals surface area contributed by atoms with Crippen LogP contribution in [0.1, 0.15) is 0 Å². The van der Waals surface area contributed by atoms with E-state index in [1.165, 1.54) is 0 Å². The van der Waals surface area contributed by atoms with Gasteiger partial charge < -0.3 is 4.42 Å².